The number of alkyl halides is 2. The quantitative estimate of drug-likeness (QED) is 0.140. The Kier molecular flexibility index (Phi) is 8.63. The summed E-state index contributed by atoms with van der Waals surface area (Å²) in [6.07, 6.45) is -0.701. The molecule has 9 atom stereocenters. The number of ether oxygens (including phenoxy) is 2. The van der Waals surface area contributed by atoms with E-state index in [1.54, 1.807) is 0 Å². The van der Waals surface area contributed by atoms with Gasteiger partial charge in [0.2, 0.25) is 12.2 Å². The lowest BCUT2D eigenvalue weighted by Gasteiger charge is -2.72. The minimum absolute atomic E-state index is 0.0909. The van der Waals surface area contributed by atoms with Gasteiger partial charge in [0.1, 0.15) is 29.4 Å². The standard InChI is InChI=1S/C34H42Cl2N2O8/c1-19-22-8-9-24-32-17-45-34(44,28(42)26(32)31(2,3)11-10-25(32)40)33(24,27(19)41)29(22)46-30(43)23(37-18-39)16-20-4-6-21(7-5-20)38(14-12-35)15-13-36/h4-7,18,22-24,26,28-29,42,44H,1,8-17H2,2-3H3,(H,37,39)/t22?,23-,24?,26+,28-,29+,32?,33?,34-/m0/s1. The number of ketones is 2. The van der Waals surface area contributed by atoms with Crippen LogP contribution in [0.15, 0.2) is 36.4 Å². The van der Waals surface area contributed by atoms with Crippen LogP contribution >= 0.6 is 23.2 Å². The molecule has 250 valence electrons. The Morgan fingerprint density at radius 1 is 1.20 bits per heavy atom. The number of rotatable bonds is 11. The first-order valence-electron chi connectivity index (χ1n) is 16.0. The Hall–Kier alpha value is -2.50. The average Bonchev–Trinajstić information content (AvgIpc) is 3.14. The number of fused-ring (bicyclic) bond motifs is 2. The number of nitrogens with zero attached hydrogens (tertiary/aromatic N) is 1. The van der Waals surface area contributed by atoms with Crippen LogP contribution in [0.2, 0.25) is 0 Å². The molecule has 4 unspecified atom stereocenters. The molecule has 6 aliphatic rings. The summed E-state index contributed by atoms with van der Waals surface area (Å²) in [5.74, 6) is -5.00. The third-order valence-electron chi connectivity index (χ3n) is 11.9. The molecule has 10 nitrogen and oxygen atoms in total. The fourth-order valence-electron chi connectivity index (χ4n) is 9.92. The van der Waals surface area contributed by atoms with E-state index in [2.05, 4.69) is 11.9 Å². The van der Waals surface area contributed by atoms with E-state index >= 15 is 0 Å². The van der Waals surface area contributed by atoms with Crippen LogP contribution in [0.4, 0.5) is 5.69 Å². The maximum Gasteiger partial charge on any atom is 0.329 e. The molecule has 2 saturated heterocycles. The van der Waals surface area contributed by atoms with Crippen LogP contribution in [0.5, 0.6) is 0 Å². The molecule has 46 heavy (non-hydrogen) atoms. The van der Waals surface area contributed by atoms with E-state index in [1.807, 2.05) is 43.0 Å². The number of carbonyl (C=O) groups excluding carboxylic acids is 4. The summed E-state index contributed by atoms with van der Waals surface area (Å²) in [7, 11) is 0. The number of anilines is 1. The monoisotopic (exact) mass is 676 g/mol. The smallest absolute Gasteiger partial charge is 0.329 e. The molecule has 0 radical (unpaired) electrons. The van der Waals surface area contributed by atoms with Crippen LogP contribution in [0, 0.1) is 34.0 Å². The van der Waals surface area contributed by atoms with Crippen molar-refractivity contribution < 1.29 is 38.9 Å². The number of amides is 1. The van der Waals surface area contributed by atoms with Crippen molar-refractivity contribution in [2.45, 2.75) is 70.0 Å². The van der Waals surface area contributed by atoms with E-state index in [0.29, 0.717) is 50.5 Å². The molecular weight excluding hydrogens is 635 g/mol. The molecule has 2 aliphatic heterocycles. The fraction of sp³-hybridized carbons (Fsp3) is 0.647. The molecule has 0 aromatic heterocycles. The molecule has 1 aromatic rings. The van der Waals surface area contributed by atoms with Gasteiger partial charge in [0.15, 0.2) is 5.78 Å². The minimum Gasteiger partial charge on any atom is -0.459 e. The van der Waals surface area contributed by atoms with Gasteiger partial charge in [0.05, 0.1) is 12.0 Å². The summed E-state index contributed by atoms with van der Waals surface area (Å²) >= 11 is 11.9. The highest BCUT2D eigenvalue weighted by Gasteiger charge is 2.88. The van der Waals surface area contributed by atoms with E-state index in [0.717, 1.165) is 11.3 Å². The van der Waals surface area contributed by atoms with E-state index in [9.17, 15) is 29.4 Å². The zero-order valence-corrected chi connectivity index (χ0v) is 27.7. The molecule has 4 bridgehead atoms. The fourth-order valence-corrected chi connectivity index (χ4v) is 10.3. The third-order valence-corrected chi connectivity index (χ3v) is 12.2. The van der Waals surface area contributed by atoms with Crippen molar-refractivity contribution in [3.05, 3.63) is 42.0 Å². The third kappa shape index (κ3) is 4.46. The second-order valence-electron chi connectivity index (χ2n) is 14.2. The predicted molar refractivity (Wildman–Crippen MR) is 170 cm³/mol. The number of Topliss-reactive ketones (excluding diaryl/α,β-unsaturated/α-hetero) is 2. The number of hydrogen-bond acceptors (Lipinski definition) is 9. The number of hydrogen-bond donors (Lipinski definition) is 3. The Bertz CT molecular complexity index is 1430. The van der Waals surface area contributed by atoms with E-state index in [4.69, 9.17) is 32.7 Å². The van der Waals surface area contributed by atoms with Gasteiger partial charge in [-0.1, -0.05) is 32.6 Å². The Labute approximate surface area is 278 Å². The first kappa shape index (κ1) is 33.4. The number of carbonyl (C=O) groups is 4. The van der Waals surface area contributed by atoms with Crippen LogP contribution in [0.1, 0.15) is 45.1 Å². The summed E-state index contributed by atoms with van der Waals surface area (Å²) in [5, 5.41) is 26.8. The summed E-state index contributed by atoms with van der Waals surface area (Å²) in [6, 6.07) is 6.33. The van der Waals surface area contributed by atoms with Gasteiger partial charge in [-0.2, -0.15) is 0 Å². The van der Waals surface area contributed by atoms with Gasteiger partial charge in [-0.3, -0.25) is 14.4 Å². The van der Waals surface area contributed by atoms with Crippen molar-refractivity contribution in [1.82, 2.24) is 5.32 Å². The lowest BCUT2D eigenvalue weighted by atomic mass is 9.36. The molecule has 6 fully saturated rings. The normalized spacial score (nSPS) is 37.7. The average molecular weight is 678 g/mol. The molecule has 1 aromatic carbocycles. The van der Waals surface area contributed by atoms with E-state index in [1.165, 1.54) is 0 Å². The number of aliphatic hydroxyl groups excluding tert-OH is 1. The van der Waals surface area contributed by atoms with Gasteiger partial charge in [-0.05, 0) is 53.9 Å². The van der Waals surface area contributed by atoms with Crippen LogP contribution in [-0.2, 0) is 35.1 Å². The van der Waals surface area contributed by atoms with Crippen LogP contribution in [-0.4, -0.2) is 89.7 Å². The van der Waals surface area contributed by atoms with Gasteiger partial charge in [0, 0.05) is 55.2 Å². The Morgan fingerprint density at radius 2 is 1.87 bits per heavy atom. The van der Waals surface area contributed by atoms with E-state index in [-0.39, 0.29) is 30.8 Å². The van der Waals surface area contributed by atoms with E-state index < -0.39 is 69.8 Å². The Balaban J connectivity index is 1.33. The van der Waals surface area contributed by atoms with Crippen molar-refractivity contribution in [3.63, 3.8) is 0 Å². The number of aliphatic hydroxyl groups is 2. The molecule has 4 aliphatic carbocycles. The minimum atomic E-state index is -2.40. The van der Waals surface area contributed by atoms with Crippen molar-refractivity contribution >= 4 is 52.8 Å². The number of esters is 1. The number of nitrogens with one attached hydrogen (secondary N) is 1. The molecular formula is C34H42Cl2N2O8. The van der Waals surface area contributed by atoms with Gasteiger partial charge >= 0.3 is 5.97 Å². The lowest BCUT2D eigenvalue weighted by molar-refractivity contribution is -0.437. The highest BCUT2D eigenvalue weighted by molar-refractivity contribution is 6.18. The molecule has 1 amide bonds. The van der Waals surface area contributed by atoms with Crippen LogP contribution < -0.4 is 10.2 Å². The highest BCUT2D eigenvalue weighted by Crippen LogP contribution is 2.76. The van der Waals surface area contributed by atoms with Crippen molar-refractivity contribution in [2.75, 3.05) is 36.4 Å². The first-order chi connectivity index (χ1) is 21.8. The SMILES string of the molecule is C=C1C(=O)C23C(CCC1[C@H]2OC(=O)[C@H](Cc1ccc(N(CCCl)CCCl)cc1)NC=O)C12CO[C@@]3(O)[C@@H](O)[C@@H]1C(C)(C)CCC2=O. The predicted octanol–water partition coefficient (Wildman–Crippen LogP) is 2.78. The molecule has 4 saturated carbocycles. The molecule has 2 spiro atoms. The topological polar surface area (TPSA) is 142 Å². The highest BCUT2D eigenvalue weighted by atomic mass is 35.5. The summed E-state index contributed by atoms with van der Waals surface area (Å²) in [6.45, 7) is 9.09. The Morgan fingerprint density at radius 3 is 2.50 bits per heavy atom. The van der Waals surface area contributed by atoms with Gasteiger partial charge in [-0.25, -0.2) is 4.79 Å². The van der Waals surface area contributed by atoms with Gasteiger partial charge in [0.25, 0.3) is 0 Å². The van der Waals surface area contributed by atoms with Crippen LogP contribution in [0.3, 0.4) is 0 Å². The van der Waals surface area contributed by atoms with Gasteiger partial charge in [-0.15, -0.1) is 23.2 Å². The lowest BCUT2D eigenvalue weighted by Crippen LogP contribution is -2.85. The van der Waals surface area contributed by atoms with Crippen molar-refractivity contribution in [3.8, 4) is 0 Å². The van der Waals surface area contributed by atoms with Crippen molar-refractivity contribution in [1.29, 1.82) is 0 Å². The summed E-state index contributed by atoms with van der Waals surface area (Å²) < 4.78 is 12.2. The second kappa shape index (κ2) is 11.9. The largest absolute Gasteiger partial charge is 0.459 e. The number of benzene rings is 1. The summed E-state index contributed by atoms with van der Waals surface area (Å²) in [5.41, 5.74) is -1.84. The number of halogens is 2. The molecule has 12 heteroatoms. The molecule has 2 heterocycles. The van der Waals surface area contributed by atoms with Crippen LogP contribution in [0.25, 0.3) is 0 Å². The molecule has 7 rings (SSSR count). The maximum atomic E-state index is 14.3. The first-order valence-corrected chi connectivity index (χ1v) is 17.1. The second-order valence-corrected chi connectivity index (χ2v) is 15.0. The zero-order valence-electron chi connectivity index (χ0n) is 26.2. The maximum absolute atomic E-state index is 14.3. The molecule has 3 N–H and O–H groups in total. The summed E-state index contributed by atoms with van der Waals surface area (Å²) in [4.78, 5) is 55.9. The van der Waals surface area contributed by atoms with Crippen molar-refractivity contribution in [2.24, 2.45) is 34.0 Å². The van der Waals surface area contributed by atoms with Gasteiger partial charge < -0.3 is 29.9 Å². The zero-order chi connectivity index (χ0) is 33.2.